The number of methoxy groups -OCH3 is 2. The third-order valence-corrected chi connectivity index (χ3v) is 6.44. The zero-order chi connectivity index (χ0) is 24.7. The number of carbonyl (C=O) groups excluding carboxylic acids is 1. The number of nitrogens with zero attached hydrogens (tertiary/aromatic N) is 1. The van der Waals surface area contributed by atoms with E-state index in [4.69, 9.17) is 25.5 Å². The Morgan fingerprint density at radius 2 is 1.80 bits per heavy atom. The summed E-state index contributed by atoms with van der Waals surface area (Å²) < 4.78 is 16.6. The van der Waals surface area contributed by atoms with E-state index in [-0.39, 0.29) is 28.4 Å². The first-order valence-corrected chi connectivity index (χ1v) is 11.4. The zero-order valence-corrected chi connectivity index (χ0v) is 19.8. The second-order valence-corrected chi connectivity index (χ2v) is 8.69. The maximum absolute atomic E-state index is 13.6. The van der Waals surface area contributed by atoms with Crippen LogP contribution in [-0.2, 0) is 6.42 Å². The molecule has 1 atom stereocenters. The maximum Gasteiger partial charge on any atom is 0.290 e. The summed E-state index contributed by atoms with van der Waals surface area (Å²) in [5, 5.41) is 10.8. The van der Waals surface area contributed by atoms with E-state index >= 15 is 0 Å². The molecule has 0 spiro atoms. The lowest BCUT2D eigenvalue weighted by molar-refractivity contribution is 0.0730. The molecule has 7 nitrogen and oxygen atoms in total. The lowest BCUT2D eigenvalue weighted by Gasteiger charge is -2.25. The highest BCUT2D eigenvalue weighted by Crippen LogP contribution is 2.39. The molecule has 0 aliphatic carbocycles. The summed E-state index contributed by atoms with van der Waals surface area (Å²) in [4.78, 5) is 28.7. The van der Waals surface area contributed by atoms with Gasteiger partial charge in [-0.3, -0.25) is 9.59 Å². The van der Waals surface area contributed by atoms with Crippen LogP contribution in [0.4, 0.5) is 0 Å². The largest absolute Gasteiger partial charge is 0.508 e. The number of benzene rings is 3. The summed E-state index contributed by atoms with van der Waals surface area (Å²) in [5.74, 6) is 0.855. The first kappa shape index (κ1) is 22.8. The van der Waals surface area contributed by atoms with E-state index in [0.29, 0.717) is 46.0 Å². The van der Waals surface area contributed by atoms with Crippen molar-refractivity contribution < 1.29 is 23.8 Å². The molecule has 4 aromatic rings. The van der Waals surface area contributed by atoms with Crippen LogP contribution in [0.2, 0.25) is 5.02 Å². The summed E-state index contributed by atoms with van der Waals surface area (Å²) >= 11 is 6.13. The molecular weight excluding hydrogens is 470 g/mol. The van der Waals surface area contributed by atoms with Gasteiger partial charge in [0.15, 0.2) is 16.9 Å². The van der Waals surface area contributed by atoms with Gasteiger partial charge >= 0.3 is 0 Å². The first-order chi connectivity index (χ1) is 16.9. The average molecular weight is 492 g/mol. The fourth-order valence-electron chi connectivity index (χ4n) is 4.55. The van der Waals surface area contributed by atoms with Crippen LogP contribution in [0.3, 0.4) is 0 Å². The molecule has 1 N–H and O–H groups in total. The Balaban J connectivity index is 1.59. The summed E-state index contributed by atoms with van der Waals surface area (Å²) in [7, 11) is 3.13. The van der Waals surface area contributed by atoms with Crippen molar-refractivity contribution in [1.29, 1.82) is 0 Å². The molecule has 1 aliphatic rings. The van der Waals surface area contributed by atoms with Crippen LogP contribution >= 0.6 is 11.6 Å². The van der Waals surface area contributed by atoms with Crippen LogP contribution in [-0.4, -0.2) is 36.7 Å². The van der Waals surface area contributed by atoms with Gasteiger partial charge in [-0.05, 0) is 60.0 Å². The van der Waals surface area contributed by atoms with Crippen LogP contribution in [0, 0.1) is 0 Å². The molecule has 1 amide bonds. The van der Waals surface area contributed by atoms with E-state index in [1.54, 1.807) is 55.5 Å². The molecule has 5 rings (SSSR count). The monoisotopic (exact) mass is 491 g/mol. The number of ether oxygens (including phenoxy) is 2. The number of rotatable bonds is 6. The minimum absolute atomic E-state index is 0.00507. The highest BCUT2D eigenvalue weighted by atomic mass is 35.5. The van der Waals surface area contributed by atoms with E-state index < -0.39 is 6.04 Å². The second-order valence-electron chi connectivity index (χ2n) is 8.25. The fraction of sp³-hybridized carbons (Fsp3) is 0.185. The number of hydrogen-bond donors (Lipinski definition) is 1. The number of amides is 1. The van der Waals surface area contributed by atoms with Gasteiger partial charge in [0, 0.05) is 11.6 Å². The van der Waals surface area contributed by atoms with Gasteiger partial charge in [0.05, 0.1) is 31.2 Å². The summed E-state index contributed by atoms with van der Waals surface area (Å²) in [6, 6.07) is 16.1. The Hall–Kier alpha value is -3.97. The predicted octanol–water partition coefficient (Wildman–Crippen LogP) is 4.96. The van der Waals surface area contributed by atoms with Crippen LogP contribution in [0.1, 0.15) is 33.3 Å². The lowest BCUT2D eigenvalue weighted by atomic mass is 9.98. The number of carbonyl (C=O) groups is 1. The number of halogens is 1. The van der Waals surface area contributed by atoms with Crippen molar-refractivity contribution in [3.63, 3.8) is 0 Å². The molecule has 0 radical (unpaired) electrons. The first-order valence-electron chi connectivity index (χ1n) is 11.0. The summed E-state index contributed by atoms with van der Waals surface area (Å²) in [6.45, 7) is 0.301. The molecule has 1 aliphatic heterocycles. The Morgan fingerprint density at radius 1 is 1.00 bits per heavy atom. The number of phenolic OH excluding ortho intramolecular Hbond substituents is 1. The van der Waals surface area contributed by atoms with Gasteiger partial charge in [0.1, 0.15) is 11.3 Å². The molecule has 0 saturated heterocycles. The summed E-state index contributed by atoms with van der Waals surface area (Å²) in [5.41, 5.74) is 1.75. The number of fused-ring (bicyclic) bond motifs is 2. The van der Waals surface area contributed by atoms with Crippen molar-refractivity contribution in [2.45, 2.75) is 12.5 Å². The van der Waals surface area contributed by atoms with E-state index in [2.05, 4.69) is 0 Å². The minimum Gasteiger partial charge on any atom is -0.508 e. The highest BCUT2D eigenvalue weighted by Gasteiger charge is 2.42. The topological polar surface area (TPSA) is 89.2 Å². The maximum atomic E-state index is 13.6. The predicted molar refractivity (Wildman–Crippen MR) is 132 cm³/mol. The molecular formula is C27H22ClNO6. The molecule has 3 aromatic carbocycles. The van der Waals surface area contributed by atoms with Crippen molar-refractivity contribution >= 4 is 28.5 Å². The SMILES string of the molecule is COc1ccc(CCN2C(=O)c3oc4ccc(Cl)cc4c(=O)c3C2c2cccc(O)c2)cc1OC. The van der Waals surface area contributed by atoms with Gasteiger partial charge in [-0.15, -0.1) is 0 Å². The van der Waals surface area contributed by atoms with Crippen molar-refractivity contribution in [3.05, 3.63) is 98.4 Å². The zero-order valence-electron chi connectivity index (χ0n) is 19.1. The Morgan fingerprint density at radius 3 is 2.54 bits per heavy atom. The van der Waals surface area contributed by atoms with Crippen molar-refractivity contribution in [1.82, 2.24) is 4.90 Å². The molecule has 1 aromatic heterocycles. The van der Waals surface area contributed by atoms with E-state index in [9.17, 15) is 14.7 Å². The van der Waals surface area contributed by atoms with Gasteiger partial charge in [-0.1, -0.05) is 29.8 Å². The van der Waals surface area contributed by atoms with E-state index in [1.165, 1.54) is 6.07 Å². The van der Waals surface area contributed by atoms with Crippen molar-refractivity contribution in [2.75, 3.05) is 20.8 Å². The number of aromatic hydroxyl groups is 1. The van der Waals surface area contributed by atoms with E-state index in [1.807, 2.05) is 18.2 Å². The average Bonchev–Trinajstić information content (AvgIpc) is 3.14. The van der Waals surface area contributed by atoms with Gasteiger partial charge in [0.25, 0.3) is 5.91 Å². The molecule has 35 heavy (non-hydrogen) atoms. The molecule has 0 saturated carbocycles. The number of phenols is 1. The van der Waals surface area contributed by atoms with Crippen molar-refractivity contribution in [2.24, 2.45) is 0 Å². The molecule has 178 valence electrons. The molecule has 0 fully saturated rings. The Labute approximate surface area is 206 Å². The fourth-order valence-corrected chi connectivity index (χ4v) is 4.72. The third kappa shape index (κ3) is 3.98. The van der Waals surface area contributed by atoms with E-state index in [0.717, 1.165) is 5.56 Å². The van der Waals surface area contributed by atoms with Crippen LogP contribution in [0.5, 0.6) is 17.2 Å². The molecule has 2 heterocycles. The number of hydrogen-bond acceptors (Lipinski definition) is 6. The van der Waals surface area contributed by atoms with Crippen LogP contribution in [0.25, 0.3) is 11.0 Å². The highest BCUT2D eigenvalue weighted by molar-refractivity contribution is 6.31. The minimum atomic E-state index is -0.718. The summed E-state index contributed by atoms with van der Waals surface area (Å²) in [6.07, 6.45) is 0.495. The third-order valence-electron chi connectivity index (χ3n) is 6.20. The van der Waals surface area contributed by atoms with Crippen molar-refractivity contribution in [3.8, 4) is 17.2 Å². The quantitative estimate of drug-likeness (QED) is 0.410. The Bertz CT molecular complexity index is 1510. The molecule has 8 heteroatoms. The molecule has 1 unspecified atom stereocenters. The second kappa shape index (κ2) is 9.00. The van der Waals surface area contributed by atoms with Gasteiger partial charge in [-0.25, -0.2) is 0 Å². The standard InChI is InChI=1S/C27H22ClNO6/c1-33-21-8-6-15(12-22(21)34-2)10-11-29-24(16-4-3-5-18(30)13-16)23-25(31)19-14-17(28)7-9-20(19)35-26(23)27(29)32/h3-9,12-14,24,30H,10-11H2,1-2H3. The van der Waals surface area contributed by atoms with Crippen LogP contribution < -0.4 is 14.9 Å². The van der Waals surface area contributed by atoms with Gasteiger partial charge < -0.3 is 23.9 Å². The van der Waals surface area contributed by atoms with Crippen LogP contribution in [0.15, 0.2) is 69.9 Å². The Kier molecular flexibility index (Phi) is 5.86. The lowest BCUT2D eigenvalue weighted by Crippen LogP contribution is -2.31. The smallest absolute Gasteiger partial charge is 0.290 e. The normalized spacial score (nSPS) is 14.9. The van der Waals surface area contributed by atoms with Gasteiger partial charge in [0.2, 0.25) is 5.76 Å². The van der Waals surface area contributed by atoms with Gasteiger partial charge in [-0.2, -0.15) is 0 Å². The molecule has 0 bridgehead atoms.